The van der Waals surface area contributed by atoms with Crippen molar-refractivity contribution >= 4 is 11.9 Å². The standard InChI is InChI=1S/C13H14FNO3/c1-8-6-10(14)3-2-9(8)7-15-11(13(17)18)4-5-12(15)16/h2-3,6,11H,4-5,7H2,1H3,(H,17,18). The minimum atomic E-state index is -0.986. The number of rotatable bonds is 3. The smallest absolute Gasteiger partial charge is 0.326 e. The Morgan fingerprint density at radius 2 is 2.28 bits per heavy atom. The number of carbonyl (C=O) groups is 2. The zero-order chi connectivity index (χ0) is 13.3. The highest BCUT2D eigenvalue weighted by atomic mass is 19.1. The first-order chi connectivity index (χ1) is 8.49. The zero-order valence-electron chi connectivity index (χ0n) is 10.0. The Balaban J connectivity index is 2.21. The fourth-order valence-electron chi connectivity index (χ4n) is 2.21. The summed E-state index contributed by atoms with van der Waals surface area (Å²) in [6.07, 6.45) is 0.603. The second-order valence-corrected chi connectivity index (χ2v) is 4.49. The van der Waals surface area contributed by atoms with Crippen molar-refractivity contribution in [3.8, 4) is 0 Å². The van der Waals surface area contributed by atoms with Gasteiger partial charge in [0.15, 0.2) is 0 Å². The van der Waals surface area contributed by atoms with Gasteiger partial charge in [-0.2, -0.15) is 0 Å². The van der Waals surface area contributed by atoms with Gasteiger partial charge in [0.2, 0.25) is 5.91 Å². The molecule has 1 aromatic rings. The van der Waals surface area contributed by atoms with Crippen molar-refractivity contribution < 1.29 is 19.1 Å². The van der Waals surface area contributed by atoms with Crippen LogP contribution in [0.3, 0.4) is 0 Å². The van der Waals surface area contributed by atoms with Crippen LogP contribution in [0.5, 0.6) is 0 Å². The monoisotopic (exact) mass is 251 g/mol. The number of likely N-dealkylation sites (tertiary alicyclic amines) is 1. The van der Waals surface area contributed by atoms with E-state index >= 15 is 0 Å². The molecule has 1 unspecified atom stereocenters. The summed E-state index contributed by atoms with van der Waals surface area (Å²) in [4.78, 5) is 24.0. The summed E-state index contributed by atoms with van der Waals surface area (Å²) in [6.45, 7) is 1.97. The molecule has 1 N–H and O–H groups in total. The van der Waals surface area contributed by atoms with Crippen LogP contribution in [0.4, 0.5) is 4.39 Å². The molecule has 96 valence electrons. The minimum absolute atomic E-state index is 0.161. The van der Waals surface area contributed by atoms with Gasteiger partial charge < -0.3 is 10.0 Å². The molecule has 1 heterocycles. The van der Waals surface area contributed by atoms with Gasteiger partial charge in [-0.15, -0.1) is 0 Å². The average Bonchev–Trinajstić information content (AvgIpc) is 2.64. The second kappa shape index (κ2) is 4.76. The van der Waals surface area contributed by atoms with Crippen molar-refractivity contribution in [2.24, 2.45) is 0 Å². The molecule has 0 spiro atoms. The van der Waals surface area contributed by atoms with Gasteiger partial charge in [-0.25, -0.2) is 9.18 Å². The summed E-state index contributed by atoms with van der Waals surface area (Å²) in [7, 11) is 0. The van der Waals surface area contributed by atoms with Crippen molar-refractivity contribution in [3.63, 3.8) is 0 Å². The van der Waals surface area contributed by atoms with Crippen molar-refractivity contribution in [2.75, 3.05) is 0 Å². The summed E-state index contributed by atoms with van der Waals surface area (Å²) in [5.74, 6) is -1.48. The number of amides is 1. The third kappa shape index (κ3) is 2.34. The summed E-state index contributed by atoms with van der Waals surface area (Å²) < 4.78 is 13.0. The molecule has 1 aromatic carbocycles. The van der Waals surface area contributed by atoms with E-state index in [1.54, 1.807) is 13.0 Å². The number of aliphatic carboxylic acids is 1. The molecule has 2 rings (SSSR count). The molecule has 1 amide bonds. The van der Waals surface area contributed by atoms with Crippen molar-refractivity contribution in [1.82, 2.24) is 4.90 Å². The normalized spacial score (nSPS) is 19.3. The van der Waals surface area contributed by atoms with Gasteiger partial charge in [-0.05, 0) is 36.6 Å². The molecule has 1 fully saturated rings. The van der Waals surface area contributed by atoms with Gasteiger partial charge in [-0.1, -0.05) is 6.07 Å². The molecule has 5 heteroatoms. The molecule has 1 saturated heterocycles. The Kier molecular flexibility index (Phi) is 3.32. The lowest BCUT2D eigenvalue weighted by atomic mass is 10.1. The van der Waals surface area contributed by atoms with Crippen LogP contribution >= 0.6 is 0 Å². The Labute approximate surface area is 104 Å². The molecular weight excluding hydrogens is 237 g/mol. The van der Waals surface area contributed by atoms with Crippen LogP contribution in [0, 0.1) is 12.7 Å². The first-order valence-electron chi connectivity index (χ1n) is 5.76. The van der Waals surface area contributed by atoms with Crippen LogP contribution in [-0.2, 0) is 16.1 Å². The molecule has 0 bridgehead atoms. The Bertz CT molecular complexity index is 501. The van der Waals surface area contributed by atoms with Crippen LogP contribution in [-0.4, -0.2) is 27.9 Å². The third-order valence-electron chi connectivity index (χ3n) is 3.26. The molecular formula is C13H14FNO3. The van der Waals surface area contributed by atoms with Gasteiger partial charge in [0.1, 0.15) is 11.9 Å². The highest BCUT2D eigenvalue weighted by Gasteiger charge is 2.35. The average molecular weight is 251 g/mol. The molecule has 1 aliphatic rings. The predicted octanol–water partition coefficient (Wildman–Crippen LogP) is 1.71. The summed E-state index contributed by atoms with van der Waals surface area (Å²) in [5, 5.41) is 9.04. The van der Waals surface area contributed by atoms with Crippen LogP contribution in [0.2, 0.25) is 0 Å². The van der Waals surface area contributed by atoms with Gasteiger partial charge >= 0.3 is 5.97 Å². The van der Waals surface area contributed by atoms with Crippen LogP contribution in [0.25, 0.3) is 0 Å². The van der Waals surface area contributed by atoms with Crippen LogP contribution < -0.4 is 0 Å². The van der Waals surface area contributed by atoms with Gasteiger partial charge in [0, 0.05) is 13.0 Å². The van der Waals surface area contributed by atoms with E-state index in [4.69, 9.17) is 5.11 Å². The largest absolute Gasteiger partial charge is 0.480 e. The number of nitrogens with zero attached hydrogens (tertiary/aromatic N) is 1. The van der Waals surface area contributed by atoms with E-state index in [0.29, 0.717) is 6.42 Å². The lowest BCUT2D eigenvalue weighted by molar-refractivity contribution is -0.146. The van der Waals surface area contributed by atoms with E-state index in [1.807, 2.05) is 0 Å². The summed E-state index contributed by atoms with van der Waals surface area (Å²) in [5.41, 5.74) is 1.50. The predicted molar refractivity (Wildman–Crippen MR) is 62.3 cm³/mol. The SMILES string of the molecule is Cc1cc(F)ccc1CN1C(=O)CCC1C(=O)O. The maximum Gasteiger partial charge on any atom is 0.326 e. The van der Waals surface area contributed by atoms with Crippen molar-refractivity contribution in [2.45, 2.75) is 32.4 Å². The van der Waals surface area contributed by atoms with E-state index in [-0.39, 0.29) is 24.7 Å². The fraction of sp³-hybridized carbons (Fsp3) is 0.385. The molecule has 1 atom stereocenters. The minimum Gasteiger partial charge on any atom is -0.480 e. The summed E-state index contributed by atoms with van der Waals surface area (Å²) >= 11 is 0. The maximum absolute atomic E-state index is 13.0. The van der Waals surface area contributed by atoms with Gasteiger partial charge in [0.25, 0.3) is 0 Å². The van der Waals surface area contributed by atoms with Gasteiger partial charge in [-0.3, -0.25) is 4.79 Å². The fourth-order valence-corrected chi connectivity index (χ4v) is 2.21. The highest BCUT2D eigenvalue weighted by molar-refractivity contribution is 5.87. The first kappa shape index (κ1) is 12.5. The van der Waals surface area contributed by atoms with E-state index in [1.165, 1.54) is 17.0 Å². The topological polar surface area (TPSA) is 57.6 Å². The number of carboxylic acids is 1. The Morgan fingerprint density at radius 1 is 1.56 bits per heavy atom. The second-order valence-electron chi connectivity index (χ2n) is 4.49. The number of carboxylic acid groups (broad SMARTS) is 1. The zero-order valence-corrected chi connectivity index (χ0v) is 10.0. The Hall–Kier alpha value is -1.91. The number of carbonyl (C=O) groups excluding carboxylic acids is 1. The molecule has 0 saturated carbocycles. The van der Waals surface area contributed by atoms with Gasteiger partial charge in [0.05, 0.1) is 0 Å². The van der Waals surface area contributed by atoms with Crippen LogP contribution in [0.15, 0.2) is 18.2 Å². The van der Waals surface area contributed by atoms with E-state index < -0.39 is 12.0 Å². The highest BCUT2D eigenvalue weighted by Crippen LogP contribution is 2.23. The lowest BCUT2D eigenvalue weighted by Gasteiger charge is -2.22. The van der Waals surface area contributed by atoms with E-state index in [0.717, 1.165) is 11.1 Å². The number of hydrogen-bond acceptors (Lipinski definition) is 2. The molecule has 18 heavy (non-hydrogen) atoms. The first-order valence-corrected chi connectivity index (χ1v) is 5.76. The number of benzene rings is 1. The quantitative estimate of drug-likeness (QED) is 0.889. The van der Waals surface area contributed by atoms with Crippen molar-refractivity contribution in [3.05, 3.63) is 35.1 Å². The summed E-state index contributed by atoms with van der Waals surface area (Å²) in [6, 6.07) is 3.53. The van der Waals surface area contributed by atoms with E-state index in [2.05, 4.69) is 0 Å². The molecule has 0 aliphatic carbocycles. The Morgan fingerprint density at radius 3 is 2.89 bits per heavy atom. The van der Waals surface area contributed by atoms with E-state index in [9.17, 15) is 14.0 Å². The number of hydrogen-bond donors (Lipinski definition) is 1. The third-order valence-corrected chi connectivity index (χ3v) is 3.26. The van der Waals surface area contributed by atoms with Crippen LogP contribution in [0.1, 0.15) is 24.0 Å². The van der Waals surface area contributed by atoms with Crippen molar-refractivity contribution in [1.29, 1.82) is 0 Å². The molecule has 4 nitrogen and oxygen atoms in total. The molecule has 0 aromatic heterocycles. The number of aryl methyl sites for hydroxylation is 1. The maximum atomic E-state index is 13.0. The molecule has 0 radical (unpaired) electrons. The molecule has 1 aliphatic heterocycles. The lowest BCUT2D eigenvalue weighted by Crippen LogP contribution is -2.38. The number of halogens is 1.